The van der Waals surface area contributed by atoms with Crippen LogP contribution in [0.3, 0.4) is 0 Å². The van der Waals surface area contributed by atoms with Crippen LogP contribution in [-0.2, 0) is 24.1 Å². The Morgan fingerprint density at radius 1 is 1.18 bits per heavy atom. The van der Waals surface area contributed by atoms with Crippen molar-refractivity contribution in [2.24, 2.45) is 4.99 Å². The van der Waals surface area contributed by atoms with E-state index in [4.69, 9.17) is 9.26 Å². The minimum Gasteiger partial charge on any atom is -0.444 e. The Balaban J connectivity index is 2.68. The lowest BCUT2D eigenvalue weighted by Gasteiger charge is -2.26. The third-order valence-electron chi connectivity index (χ3n) is 4.05. The van der Waals surface area contributed by atoms with Gasteiger partial charge in [-0.05, 0) is 41.0 Å². The molecule has 1 amide bonds. The van der Waals surface area contributed by atoms with E-state index in [1.54, 1.807) is 4.90 Å². The number of aliphatic imine (C=N–C) groups is 1. The quantitative estimate of drug-likeness (QED) is 0.493. The molecule has 28 heavy (non-hydrogen) atoms. The van der Waals surface area contributed by atoms with Crippen molar-refractivity contribution in [2.45, 2.75) is 73.5 Å². The summed E-state index contributed by atoms with van der Waals surface area (Å²) in [5.41, 5.74) is 1.52. The summed E-state index contributed by atoms with van der Waals surface area (Å²) >= 11 is 0. The predicted octanol–water partition coefficient (Wildman–Crippen LogP) is 3.11. The Hall–Kier alpha value is -2.25. The second-order valence-corrected chi connectivity index (χ2v) is 7.42. The smallest absolute Gasteiger partial charge is 0.410 e. The number of nitrogens with one attached hydrogen (secondary N) is 2. The fourth-order valence-corrected chi connectivity index (χ4v) is 2.63. The summed E-state index contributed by atoms with van der Waals surface area (Å²) in [4.78, 5) is 18.6. The maximum atomic E-state index is 12.2. The molecule has 0 aromatic carbocycles. The summed E-state index contributed by atoms with van der Waals surface area (Å²) in [6.45, 7) is 16.6. The number of guanidine groups is 1. The molecule has 1 heterocycles. The number of aryl methyl sites for hydroxylation is 2. The van der Waals surface area contributed by atoms with Gasteiger partial charge in [-0.15, -0.1) is 0 Å². The molecular weight excluding hydrogens is 358 g/mol. The van der Waals surface area contributed by atoms with Gasteiger partial charge in [0.15, 0.2) is 5.96 Å². The monoisotopic (exact) mass is 395 g/mol. The second-order valence-electron chi connectivity index (χ2n) is 7.42. The van der Waals surface area contributed by atoms with E-state index in [-0.39, 0.29) is 6.09 Å². The Morgan fingerprint density at radius 2 is 1.89 bits per heavy atom. The molecule has 0 atom stereocenters. The first-order valence-electron chi connectivity index (χ1n) is 10.2. The Kier molecular flexibility index (Phi) is 9.82. The topological polar surface area (TPSA) is 92.0 Å². The molecule has 160 valence electrons. The number of carbonyl (C=O) groups is 1. The first kappa shape index (κ1) is 23.8. The number of nitrogens with zero attached hydrogens (tertiary/aromatic N) is 3. The first-order chi connectivity index (χ1) is 13.3. The van der Waals surface area contributed by atoms with Gasteiger partial charge in [-0.1, -0.05) is 19.0 Å². The van der Waals surface area contributed by atoms with E-state index in [2.05, 4.69) is 27.7 Å². The van der Waals surface area contributed by atoms with Gasteiger partial charge in [0.25, 0.3) is 0 Å². The Morgan fingerprint density at radius 3 is 2.43 bits per heavy atom. The summed E-state index contributed by atoms with van der Waals surface area (Å²) in [5, 5.41) is 10.6. The van der Waals surface area contributed by atoms with Gasteiger partial charge >= 0.3 is 6.09 Å². The standard InChI is InChI=1S/C20H37N5O3/c1-8-16-15(17(9-2)28-24-16)14-23-18(21-10-3)22-12-13-25(11-4)19(26)27-20(5,6)7/h8-14H2,1-7H3,(H2,21,22,23). The summed E-state index contributed by atoms with van der Waals surface area (Å²) in [5.74, 6) is 1.59. The third kappa shape index (κ3) is 7.78. The lowest BCUT2D eigenvalue weighted by molar-refractivity contribution is 0.0264. The van der Waals surface area contributed by atoms with Crippen molar-refractivity contribution >= 4 is 12.1 Å². The molecule has 1 aromatic heterocycles. The molecule has 8 heteroatoms. The molecule has 0 saturated heterocycles. The number of aromatic nitrogens is 1. The summed E-state index contributed by atoms with van der Waals surface area (Å²) in [7, 11) is 0. The van der Waals surface area contributed by atoms with Gasteiger partial charge in [0.05, 0.1) is 12.2 Å². The number of rotatable bonds is 9. The largest absolute Gasteiger partial charge is 0.444 e. The van der Waals surface area contributed by atoms with Crippen molar-refractivity contribution in [1.82, 2.24) is 20.7 Å². The summed E-state index contributed by atoms with van der Waals surface area (Å²) < 4.78 is 10.8. The lowest BCUT2D eigenvalue weighted by atomic mass is 10.1. The molecule has 0 aliphatic rings. The number of likely N-dealkylation sites (N-methyl/N-ethyl adjacent to an activating group) is 1. The molecule has 8 nitrogen and oxygen atoms in total. The number of hydrogen-bond donors (Lipinski definition) is 2. The molecule has 0 spiro atoms. The third-order valence-corrected chi connectivity index (χ3v) is 4.05. The van der Waals surface area contributed by atoms with Gasteiger partial charge in [0.1, 0.15) is 11.4 Å². The molecule has 1 rings (SSSR count). The molecule has 0 bridgehead atoms. The number of ether oxygens (including phenoxy) is 1. The van der Waals surface area contributed by atoms with Crippen molar-refractivity contribution < 1.29 is 14.1 Å². The predicted molar refractivity (Wildman–Crippen MR) is 112 cm³/mol. The average molecular weight is 396 g/mol. The van der Waals surface area contributed by atoms with E-state index in [0.717, 1.165) is 36.4 Å². The van der Waals surface area contributed by atoms with Crippen molar-refractivity contribution in [2.75, 3.05) is 26.2 Å². The molecule has 0 radical (unpaired) electrons. The highest BCUT2D eigenvalue weighted by atomic mass is 16.6. The Bertz CT molecular complexity index is 613. The highest BCUT2D eigenvalue weighted by molar-refractivity contribution is 5.79. The molecule has 0 saturated carbocycles. The maximum Gasteiger partial charge on any atom is 0.410 e. The van der Waals surface area contributed by atoms with Gasteiger partial charge in [0.2, 0.25) is 0 Å². The number of hydrogen-bond acceptors (Lipinski definition) is 5. The Labute approximate surface area is 169 Å². The van der Waals surface area contributed by atoms with Gasteiger partial charge in [-0.2, -0.15) is 0 Å². The van der Waals surface area contributed by atoms with Crippen molar-refractivity contribution in [3.8, 4) is 0 Å². The van der Waals surface area contributed by atoms with E-state index in [9.17, 15) is 4.79 Å². The van der Waals surface area contributed by atoms with Crippen LogP contribution in [0.5, 0.6) is 0 Å². The minimum atomic E-state index is -0.499. The molecule has 0 aliphatic heterocycles. The SMILES string of the molecule is CCNC(=NCc1c(CC)noc1CC)NCCN(CC)C(=O)OC(C)(C)C. The van der Waals surface area contributed by atoms with Crippen LogP contribution in [0.2, 0.25) is 0 Å². The zero-order valence-electron chi connectivity index (χ0n) is 18.5. The van der Waals surface area contributed by atoms with Crippen LogP contribution in [0.4, 0.5) is 4.79 Å². The number of amides is 1. The highest BCUT2D eigenvalue weighted by Gasteiger charge is 2.20. The normalized spacial score (nSPS) is 12.0. The zero-order valence-corrected chi connectivity index (χ0v) is 18.5. The van der Waals surface area contributed by atoms with Gasteiger partial charge in [-0.3, -0.25) is 0 Å². The minimum absolute atomic E-state index is 0.302. The molecule has 2 N–H and O–H groups in total. The van der Waals surface area contributed by atoms with Gasteiger partial charge in [0, 0.05) is 38.2 Å². The molecule has 0 unspecified atom stereocenters. The summed E-state index contributed by atoms with van der Waals surface area (Å²) in [6.07, 6.45) is 1.31. The summed E-state index contributed by atoms with van der Waals surface area (Å²) in [6, 6.07) is 0. The fraction of sp³-hybridized carbons (Fsp3) is 0.750. The molecule has 1 aromatic rings. The van der Waals surface area contributed by atoms with Crippen LogP contribution >= 0.6 is 0 Å². The first-order valence-corrected chi connectivity index (χ1v) is 10.2. The van der Waals surface area contributed by atoms with Crippen molar-refractivity contribution in [1.29, 1.82) is 0 Å². The van der Waals surface area contributed by atoms with E-state index in [1.165, 1.54) is 0 Å². The van der Waals surface area contributed by atoms with Crippen molar-refractivity contribution in [3.63, 3.8) is 0 Å². The van der Waals surface area contributed by atoms with E-state index in [0.29, 0.717) is 32.1 Å². The molecule has 0 fully saturated rings. The van der Waals surface area contributed by atoms with Gasteiger partial charge < -0.3 is 24.8 Å². The van der Waals surface area contributed by atoms with Crippen LogP contribution in [-0.4, -0.2) is 53.9 Å². The van der Waals surface area contributed by atoms with Crippen LogP contribution in [0.25, 0.3) is 0 Å². The van der Waals surface area contributed by atoms with Crippen molar-refractivity contribution in [3.05, 3.63) is 17.0 Å². The number of carbonyl (C=O) groups excluding carboxylic acids is 1. The zero-order chi connectivity index (χ0) is 21.2. The van der Waals surface area contributed by atoms with E-state index in [1.807, 2.05) is 41.5 Å². The van der Waals surface area contributed by atoms with Crippen LogP contribution in [0.1, 0.15) is 65.5 Å². The highest BCUT2D eigenvalue weighted by Crippen LogP contribution is 2.16. The average Bonchev–Trinajstić information content (AvgIpc) is 3.03. The molecule has 0 aliphatic carbocycles. The fourth-order valence-electron chi connectivity index (χ4n) is 2.63. The molecular formula is C20H37N5O3. The van der Waals surface area contributed by atoms with Crippen LogP contribution < -0.4 is 10.6 Å². The van der Waals surface area contributed by atoms with Crippen LogP contribution in [0, 0.1) is 0 Å². The van der Waals surface area contributed by atoms with Gasteiger partial charge in [-0.25, -0.2) is 9.79 Å². The maximum absolute atomic E-state index is 12.2. The van der Waals surface area contributed by atoms with Crippen LogP contribution in [0.15, 0.2) is 9.52 Å². The van der Waals surface area contributed by atoms with E-state index >= 15 is 0 Å². The van der Waals surface area contributed by atoms with E-state index < -0.39 is 5.60 Å². The lowest BCUT2D eigenvalue weighted by Crippen LogP contribution is -2.44. The second kappa shape index (κ2) is 11.6.